The Morgan fingerprint density at radius 2 is 2.16 bits per heavy atom. The highest BCUT2D eigenvalue weighted by Crippen LogP contribution is 2.35. The quantitative estimate of drug-likeness (QED) is 0.653. The Labute approximate surface area is 161 Å². The van der Waals surface area contributed by atoms with Crippen molar-refractivity contribution in [1.82, 2.24) is 9.78 Å². The van der Waals surface area contributed by atoms with Gasteiger partial charge in [0.15, 0.2) is 0 Å². The third kappa shape index (κ3) is 3.85. The van der Waals surface area contributed by atoms with Gasteiger partial charge in [0.1, 0.15) is 35.0 Å². The average molecular weight is 467 g/mol. The number of nitrogen functional groups attached to an aromatic ring is 1. The van der Waals surface area contributed by atoms with E-state index < -0.39 is 0 Å². The number of methoxy groups -OCH3 is 1. The first-order chi connectivity index (χ1) is 12.0. The van der Waals surface area contributed by atoms with Crippen LogP contribution in [0.4, 0.5) is 5.82 Å². The van der Waals surface area contributed by atoms with E-state index in [1.54, 1.807) is 12.1 Å². The predicted molar refractivity (Wildman–Crippen MR) is 100 cm³/mol. The summed E-state index contributed by atoms with van der Waals surface area (Å²) < 4.78 is 8.16. The molecule has 25 heavy (non-hydrogen) atoms. The molecule has 2 aromatic rings. The number of allylic oxidation sites excluding steroid dienone is 1. The Balaban J connectivity index is 2.67. The fourth-order valence-electron chi connectivity index (χ4n) is 2.25. The van der Waals surface area contributed by atoms with Gasteiger partial charge in [-0.05, 0) is 34.1 Å². The van der Waals surface area contributed by atoms with Crippen LogP contribution in [0.15, 0.2) is 21.1 Å². The van der Waals surface area contributed by atoms with Gasteiger partial charge in [0.25, 0.3) is 0 Å². The zero-order valence-electron chi connectivity index (χ0n) is 13.1. The van der Waals surface area contributed by atoms with Gasteiger partial charge >= 0.3 is 0 Å². The molecular weight excluding hydrogens is 454 g/mol. The molecule has 0 unspecified atom stereocenters. The third-order valence-electron chi connectivity index (χ3n) is 3.33. The van der Waals surface area contributed by atoms with Crippen molar-refractivity contribution in [3.05, 3.63) is 37.9 Å². The van der Waals surface area contributed by atoms with Gasteiger partial charge in [-0.3, -0.25) is 0 Å². The van der Waals surface area contributed by atoms with Crippen LogP contribution in [0.3, 0.4) is 0 Å². The minimum absolute atomic E-state index is 0.0919. The van der Waals surface area contributed by atoms with Gasteiger partial charge < -0.3 is 15.6 Å². The molecule has 0 atom stereocenters. The molecule has 0 spiro atoms. The summed E-state index contributed by atoms with van der Waals surface area (Å²) in [6, 6.07) is 7.60. The largest absolute Gasteiger partial charge is 0.495 e. The predicted octanol–water partition coefficient (Wildman–Crippen LogP) is 2.93. The fourth-order valence-corrected chi connectivity index (χ4v) is 3.67. The summed E-state index contributed by atoms with van der Waals surface area (Å²) in [5, 5.41) is 32.2. The number of aromatic nitrogens is 2. The second-order valence-corrected chi connectivity index (χ2v) is 6.62. The number of rotatable bonds is 5. The van der Waals surface area contributed by atoms with Gasteiger partial charge in [-0.2, -0.15) is 15.6 Å². The summed E-state index contributed by atoms with van der Waals surface area (Å²) in [7, 11) is 1.52. The summed E-state index contributed by atoms with van der Waals surface area (Å²) in [6.45, 7) is -0.0564. The molecule has 0 radical (unpaired) electrons. The van der Waals surface area contributed by atoms with Crippen molar-refractivity contribution in [2.75, 3.05) is 19.5 Å². The molecule has 3 N–H and O–H groups in total. The van der Waals surface area contributed by atoms with E-state index in [-0.39, 0.29) is 35.8 Å². The normalized spacial score (nSPS) is 11.0. The summed E-state index contributed by atoms with van der Waals surface area (Å²) in [5.41, 5.74) is 6.91. The zero-order valence-corrected chi connectivity index (χ0v) is 16.3. The van der Waals surface area contributed by atoms with Crippen LogP contribution in [0.1, 0.15) is 16.8 Å². The molecule has 1 heterocycles. The minimum Gasteiger partial charge on any atom is -0.495 e. The smallest absolute Gasteiger partial charge is 0.140 e. The molecule has 1 aromatic carbocycles. The molecule has 0 amide bonds. The van der Waals surface area contributed by atoms with Crippen molar-refractivity contribution in [3.8, 4) is 17.9 Å². The number of nitrogens with zero attached hydrogens (tertiary/aromatic N) is 4. The van der Waals surface area contributed by atoms with E-state index >= 15 is 0 Å². The first-order valence-corrected chi connectivity index (χ1v) is 8.57. The Kier molecular flexibility index (Phi) is 6.21. The molecule has 0 fully saturated rings. The first-order valence-electron chi connectivity index (χ1n) is 6.99. The Morgan fingerprint density at radius 1 is 1.44 bits per heavy atom. The lowest BCUT2D eigenvalue weighted by atomic mass is 10.1. The highest BCUT2D eigenvalue weighted by Gasteiger charge is 2.19. The van der Waals surface area contributed by atoms with Gasteiger partial charge in [-0.15, -0.1) is 0 Å². The number of aliphatic hydroxyl groups is 1. The molecule has 0 aliphatic rings. The van der Waals surface area contributed by atoms with Crippen LogP contribution in [-0.4, -0.2) is 28.6 Å². The summed E-state index contributed by atoms with van der Waals surface area (Å²) in [5.74, 6) is 0.646. The van der Waals surface area contributed by atoms with E-state index in [0.29, 0.717) is 15.8 Å². The number of nitriles is 2. The maximum atomic E-state index is 9.56. The number of hydrogen-bond donors (Lipinski definition) is 2. The topological polar surface area (TPSA) is 121 Å². The van der Waals surface area contributed by atoms with Crippen LogP contribution in [0.5, 0.6) is 5.75 Å². The number of aliphatic hydroxyl groups excluding tert-OH is 1. The van der Waals surface area contributed by atoms with Crippen LogP contribution < -0.4 is 10.5 Å². The van der Waals surface area contributed by atoms with Crippen LogP contribution >= 0.6 is 31.9 Å². The van der Waals surface area contributed by atoms with Crippen molar-refractivity contribution >= 4 is 49.3 Å². The van der Waals surface area contributed by atoms with E-state index in [1.165, 1.54) is 11.8 Å². The maximum Gasteiger partial charge on any atom is 0.140 e. The Morgan fingerprint density at radius 3 is 2.72 bits per heavy atom. The SMILES string of the molecule is COc1c(Br)cc(Br)cc1/C=C(\C#N)c1nn(CCO)c(N)c1C#N. The maximum absolute atomic E-state index is 9.56. The Hall–Kier alpha value is -2.33. The van der Waals surface area contributed by atoms with Gasteiger partial charge in [-0.25, -0.2) is 4.68 Å². The zero-order chi connectivity index (χ0) is 18.6. The fraction of sp³-hybridized carbons (Fsp3) is 0.188. The van der Waals surface area contributed by atoms with E-state index in [9.17, 15) is 10.5 Å². The van der Waals surface area contributed by atoms with Crippen LogP contribution in [0, 0.1) is 22.7 Å². The second-order valence-electron chi connectivity index (χ2n) is 4.85. The number of ether oxygens (including phenoxy) is 1. The molecule has 1 aromatic heterocycles. The van der Waals surface area contributed by atoms with E-state index in [0.717, 1.165) is 4.47 Å². The number of halogens is 2. The number of hydrogen-bond acceptors (Lipinski definition) is 6. The van der Waals surface area contributed by atoms with Crippen molar-refractivity contribution in [3.63, 3.8) is 0 Å². The van der Waals surface area contributed by atoms with E-state index in [2.05, 4.69) is 37.0 Å². The molecule has 2 rings (SSSR count). The highest BCUT2D eigenvalue weighted by atomic mass is 79.9. The highest BCUT2D eigenvalue weighted by molar-refractivity contribution is 9.11. The first kappa shape index (κ1) is 19.0. The molecule has 0 bridgehead atoms. The van der Waals surface area contributed by atoms with E-state index in [4.69, 9.17) is 15.6 Å². The van der Waals surface area contributed by atoms with Gasteiger partial charge in [0.05, 0.1) is 30.3 Å². The summed E-state index contributed by atoms with van der Waals surface area (Å²) >= 11 is 6.79. The van der Waals surface area contributed by atoms with Crippen LogP contribution in [0.25, 0.3) is 11.6 Å². The number of benzene rings is 1. The van der Waals surface area contributed by atoms with Crippen molar-refractivity contribution in [2.24, 2.45) is 0 Å². The molecule has 0 saturated carbocycles. The molecule has 7 nitrogen and oxygen atoms in total. The summed E-state index contributed by atoms with van der Waals surface area (Å²) in [4.78, 5) is 0. The molecular formula is C16H13Br2N5O2. The van der Waals surface area contributed by atoms with Crippen molar-refractivity contribution in [2.45, 2.75) is 6.54 Å². The van der Waals surface area contributed by atoms with Gasteiger partial charge in [0.2, 0.25) is 0 Å². The monoisotopic (exact) mass is 465 g/mol. The molecule has 128 valence electrons. The molecule has 0 aliphatic carbocycles. The number of nitrogens with two attached hydrogens (primary N) is 1. The molecule has 0 aliphatic heterocycles. The molecule has 0 saturated heterocycles. The Bertz CT molecular complexity index is 922. The standard InChI is InChI=1S/C16H13Br2N5O2/c1-25-15-9(5-11(17)6-13(15)18)4-10(7-19)14-12(8-20)16(21)23(22-14)2-3-24/h4-6,24H,2-3,21H2,1H3/b10-4+. The van der Waals surface area contributed by atoms with Crippen molar-refractivity contribution in [1.29, 1.82) is 10.5 Å². The third-order valence-corrected chi connectivity index (χ3v) is 4.38. The van der Waals surface area contributed by atoms with Crippen molar-refractivity contribution < 1.29 is 9.84 Å². The molecule has 9 heteroatoms. The minimum atomic E-state index is -0.186. The average Bonchev–Trinajstić information content (AvgIpc) is 2.88. The lowest BCUT2D eigenvalue weighted by Gasteiger charge is -2.08. The van der Waals surface area contributed by atoms with Crippen LogP contribution in [-0.2, 0) is 6.54 Å². The lowest BCUT2D eigenvalue weighted by molar-refractivity contribution is 0.270. The van der Waals surface area contributed by atoms with Gasteiger partial charge in [-0.1, -0.05) is 15.9 Å². The number of anilines is 1. The summed E-state index contributed by atoms with van der Waals surface area (Å²) in [6.07, 6.45) is 1.57. The lowest BCUT2D eigenvalue weighted by Crippen LogP contribution is -2.07. The van der Waals surface area contributed by atoms with Gasteiger partial charge in [0, 0.05) is 10.0 Å². The van der Waals surface area contributed by atoms with Crippen LogP contribution in [0.2, 0.25) is 0 Å². The van der Waals surface area contributed by atoms with E-state index in [1.807, 2.05) is 18.2 Å². The second kappa shape index (κ2) is 8.17.